The first-order valence-corrected chi connectivity index (χ1v) is 9.32. The lowest BCUT2D eigenvalue weighted by Crippen LogP contribution is -2.40. The molecule has 0 fully saturated rings. The fourth-order valence-corrected chi connectivity index (χ4v) is 2.84. The SMILES string of the molecule is CCOc1ccc([C@@H](NC(=O)CNC(=O)Cn2cncn2)c2ccccc2)cc1. The van der Waals surface area contributed by atoms with E-state index in [1.807, 2.05) is 61.5 Å². The van der Waals surface area contributed by atoms with Crippen molar-refractivity contribution in [2.45, 2.75) is 19.5 Å². The molecular weight excluding hydrogens is 370 g/mol. The fourth-order valence-electron chi connectivity index (χ4n) is 2.84. The van der Waals surface area contributed by atoms with Gasteiger partial charge in [-0.15, -0.1) is 0 Å². The Morgan fingerprint density at radius 1 is 1.03 bits per heavy atom. The van der Waals surface area contributed by atoms with Crippen LogP contribution in [0.2, 0.25) is 0 Å². The number of nitrogens with zero attached hydrogens (tertiary/aromatic N) is 3. The zero-order chi connectivity index (χ0) is 20.5. The lowest BCUT2D eigenvalue weighted by Gasteiger charge is -2.20. The molecule has 2 N–H and O–H groups in total. The Morgan fingerprint density at radius 2 is 1.76 bits per heavy atom. The van der Waals surface area contributed by atoms with E-state index in [0.717, 1.165) is 16.9 Å². The summed E-state index contributed by atoms with van der Waals surface area (Å²) in [5, 5.41) is 9.45. The predicted octanol–water partition coefficient (Wildman–Crippen LogP) is 1.70. The zero-order valence-electron chi connectivity index (χ0n) is 16.1. The first-order chi connectivity index (χ1) is 14.2. The Labute approximate surface area is 168 Å². The Kier molecular flexibility index (Phi) is 6.94. The normalized spacial score (nSPS) is 11.5. The number of nitrogens with one attached hydrogen (secondary N) is 2. The summed E-state index contributed by atoms with van der Waals surface area (Å²) in [4.78, 5) is 28.2. The summed E-state index contributed by atoms with van der Waals surface area (Å²) >= 11 is 0. The van der Waals surface area contributed by atoms with Gasteiger partial charge in [-0.25, -0.2) is 9.67 Å². The number of rotatable bonds is 9. The second-order valence-corrected chi connectivity index (χ2v) is 6.28. The van der Waals surface area contributed by atoms with Gasteiger partial charge < -0.3 is 15.4 Å². The summed E-state index contributed by atoms with van der Waals surface area (Å²) in [7, 11) is 0. The number of aromatic nitrogens is 3. The first kappa shape index (κ1) is 20.1. The minimum absolute atomic E-state index is 0.00822. The summed E-state index contributed by atoms with van der Waals surface area (Å²) in [6.45, 7) is 2.40. The van der Waals surface area contributed by atoms with Gasteiger partial charge in [0.1, 0.15) is 24.9 Å². The van der Waals surface area contributed by atoms with Crippen LogP contribution in [-0.4, -0.2) is 39.7 Å². The molecule has 0 saturated heterocycles. The number of hydrogen-bond acceptors (Lipinski definition) is 5. The Hall–Kier alpha value is -3.68. The van der Waals surface area contributed by atoms with E-state index in [4.69, 9.17) is 4.74 Å². The number of ether oxygens (including phenoxy) is 1. The van der Waals surface area contributed by atoms with Gasteiger partial charge in [-0.3, -0.25) is 9.59 Å². The molecular formula is C21H23N5O3. The van der Waals surface area contributed by atoms with Crippen molar-refractivity contribution in [3.05, 3.63) is 78.4 Å². The second kappa shape index (κ2) is 10.0. The standard InChI is InChI=1S/C21H23N5O3/c1-2-29-18-10-8-17(9-11-18)21(16-6-4-3-5-7-16)25-19(27)12-23-20(28)13-26-15-22-14-24-26/h3-11,14-15,21H,2,12-13H2,1H3,(H,23,28)(H,25,27)/t21-/m0/s1. The highest BCUT2D eigenvalue weighted by Gasteiger charge is 2.17. The maximum atomic E-state index is 12.5. The van der Waals surface area contributed by atoms with E-state index in [0.29, 0.717) is 6.61 Å². The molecule has 1 heterocycles. The third-order valence-electron chi connectivity index (χ3n) is 4.18. The summed E-state index contributed by atoms with van der Waals surface area (Å²) in [5.41, 5.74) is 1.86. The topological polar surface area (TPSA) is 98.1 Å². The van der Waals surface area contributed by atoms with E-state index >= 15 is 0 Å². The van der Waals surface area contributed by atoms with Crippen LogP contribution >= 0.6 is 0 Å². The number of carbonyl (C=O) groups excluding carboxylic acids is 2. The van der Waals surface area contributed by atoms with Gasteiger partial charge in [-0.2, -0.15) is 5.10 Å². The van der Waals surface area contributed by atoms with E-state index in [1.165, 1.54) is 17.3 Å². The van der Waals surface area contributed by atoms with E-state index in [1.54, 1.807) is 0 Å². The van der Waals surface area contributed by atoms with Gasteiger partial charge in [-0.1, -0.05) is 42.5 Å². The molecule has 0 spiro atoms. The van der Waals surface area contributed by atoms with Crippen molar-refractivity contribution < 1.29 is 14.3 Å². The van der Waals surface area contributed by atoms with Gasteiger partial charge in [0.05, 0.1) is 19.2 Å². The molecule has 2 amide bonds. The van der Waals surface area contributed by atoms with Gasteiger partial charge in [0.15, 0.2) is 0 Å². The Bertz CT molecular complexity index is 911. The van der Waals surface area contributed by atoms with Gasteiger partial charge in [0, 0.05) is 0 Å². The molecule has 0 bridgehead atoms. The molecule has 2 aromatic carbocycles. The van der Waals surface area contributed by atoms with Crippen LogP contribution in [0.1, 0.15) is 24.1 Å². The smallest absolute Gasteiger partial charge is 0.242 e. The lowest BCUT2D eigenvalue weighted by molar-refractivity contribution is -0.126. The van der Waals surface area contributed by atoms with E-state index < -0.39 is 0 Å². The van der Waals surface area contributed by atoms with Crippen molar-refractivity contribution in [2.24, 2.45) is 0 Å². The predicted molar refractivity (Wildman–Crippen MR) is 107 cm³/mol. The largest absolute Gasteiger partial charge is 0.494 e. The summed E-state index contributed by atoms with van der Waals surface area (Å²) in [5.74, 6) is 0.164. The molecule has 3 aromatic rings. The fraction of sp³-hybridized carbons (Fsp3) is 0.238. The van der Waals surface area contributed by atoms with Crippen molar-refractivity contribution in [2.75, 3.05) is 13.2 Å². The van der Waals surface area contributed by atoms with Crippen LogP contribution in [0.3, 0.4) is 0 Å². The summed E-state index contributed by atoms with van der Waals surface area (Å²) in [6.07, 6.45) is 2.79. The number of carbonyl (C=O) groups is 2. The maximum absolute atomic E-state index is 12.5. The van der Waals surface area contributed by atoms with Gasteiger partial charge >= 0.3 is 0 Å². The highest BCUT2D eigenvalue weighted by atomic mass is 16.5. The Morgan fingerprint density at radius 3 is 2.41 bits per heavy atom. The molecule has 0 radical (unpaired) electrons. The van der Waals surface area contributed by atoms with Crippen LogP contribution in [0.5, 0.6) is 5.75 Å². The van der Waals surface area contributed by atoms with Gasteiger partial charge in [-0.05, 0) is 30.2 Å². The monoisotopic (exact) mass is 393 g/mol. The summed E-state index contributed by atoms with van der Waals surface area (Å²) in [6, 6.07) is 16.9. The number of amides is 2. The third kappa shape index (κ3) is 5.90. The van der Waals surface area contributed by atoms with E-state index in [2.05, 4.69) is 20.7 Å². The molecule has 0 saturated carbocycles. The van der Waals surface area contributed by atoms with Gasteiger partial charge in [0.2, 0.25) is 11.8 Å². The summed E-state index contributed by atoms with van der Waals surface area (Å²) < 4.78 is 6.88. The highest BCUT2D eigenvalue weighted by molar-refractivity contribution is 5.85. The van der Waals surface area contributed by atoms with Crippen LogP contribution in [0.15, 0.2) is 67.3 Å². The minimum Gasteiger partial charge on any atom is -0.494 e. The van der Waals surface area contributed by atoms with Crippen molar-refractivity contribution >= 4 is 11.8 Å². The molecule has 0 aliphatic rings. The number of benzene rings is 2. The third-order valence-corrected chi connectivity index (χ3v) is 4.18. The molecule has 3 rings (SSSR count). The molecule has 1 aromatic heterocycles. The lowest BCUT2D eigenvalue weighted by atomic mass is 9.98. The zero-order valence-corrected chi connectivity index (χ0v) is 16.1. The quantitative estimate of drug-likeness (QED) is 0.577. The minimum atomic E-state index is -0.341. The van der Waals surface area contributed by atoms with Crippen LogP contribution < -0.4 is 15.4 Å². The van der Waals surface area contributed by atoms with Crippen molar-refractivity contribution in [3.63, 3.8) is 0 Å². The molecule has 0 aliphatic heterocycles. The van der Waals surface area contributed by atoms with E-state index in [9.17, 15) is 9.59 Å². The second-order valence-electron chi connectivity index (χ2n) is 6.28. The average molecular weight is 393 g/mol. The van der Waals surface area contributed by atoms with Crippen molar-refractivity contribution in [3.8, 4) is 5.75 Å². The van der Waals surface area contributed by atoms with Crippen LogP contribution in [0.4, 0.5) is 0 Å². The van der Waals surface area contributed by atoms with Crippen LogP contribution in [0.25, 0.3) is 0 Å². The molecule has 0 unspecified atom stereocenters. The van der Waals surface area contributed by atoms with Crippen LogP contribution in [-0.2, 0) is 16.1 Å². The molecule has 8 nitrogen and oxygen atoms in total. The maximum Gasteiger partial charge on any atom is 0.242 e. The highest BCUT2D eigenvalue weighted by Crippen LogP contribution is 2.24. The van der Waals surface area contributed by atoms with E-state index in [-0.39, 0.29) is 30.9 Å². The number of hydrogen-bond donors (Lipinski definition) is 2. The van der Waals surface area contributed by atoms with Crippen molar-refractivity contribution in [1.82, 2.24) is 25.4 Å². The molecule has 29 heavy (non-hydrogen) atoms. The van der Waals surface area contributed by atoms with Crippen molar-refractivity contribution in [1.29, 1.82) is 0 Å². The van der Waals surface area contributed by atoms with Crippen LogP contribution in [0, 0.1) is 0 Å². The molecule has 150 valence electrons. The van der Waals surface area contributed by atoms with Gasteiger partial charge in [0.25, 0.3) is 0 Å². The molecule has 1 atom stereocenters. The molecule has 0 aliphatic carbocycles. The first-order valence-electron chi connectivity index (χ1n) is 9.32. The molecule has 8 heteroatoms. The Balaban J connectivity index is 1.65. The average Bonchev–Trinajstić information content (AvgIpc) is 3.25.